The van der Waals surface area contributed by atoms with Crippen LogP contribution in [0.5, 0.6) is 0 Å². The predicted octanol–water partition coefficient (Wildman–Crippen LogP) is 2.30. The second-order valence-electron chi connectivity index (χ2n) is 5.57. The first kappa shape index (κ1) is 12.2. The molecule has 0 amide bonds. The molecule has 2 fully saturated rings. The minimum Gasteiger partial charge on any atom is -0.381 e. The largest absolute Gasteiger partial charge is 0.381 e. The van der Waals surface area contributed by atoms with Crippen LogP contribution in [0.2, 0.25) is 0 Å². The second kappa shape index (κ2) is 5.41. The Morgan fingerprint density at radius 1 is 1.39 bits per heavy atom. The third kappa shape index (κ3) is 2.31. The Kier molecular flexibility index (Phi) is 3.66. The van der Waals surface area contributed by atoms with Crippen LogP contribution in [0.15, 0.2) is 12.5 Å². The predicted molar refractivity (Wildman–Crippen MR) is 70.5 cm³/mol. The minimum absolute atomic E-state index is 0.509. The number of hydrogen-bond donors (Lipinski definition) is 1. The van der Waals surface area contributed by atoms with Gasteiger partial charge in [0.1, 0.15) is 0 Å². The van der Waals surface area contributed by atoms with Crippen LogP contribution in [0.25, 0.3) is 0 Å². The smallest absolute Gasteiger partial charge is 0.0951 e. The van der Waals surface area contributed by atoms with E-state index in [-0.39, 0.29) is 0 Å². The highest BCUT2D eigenvalue weighted by Gasteiger charge is 2.26. The summed E-state index contributed by atoms with van der Waals surface area (Å²) in [6, 6.07) is 1.04. The highest BCUT2D eigenvalue weighted by Crippen LogP contribution is 2.31. The molecule has 3 heterocycles. The van der Waals surface area contributed by atoms with Crippen molar-refractivity contribution in [2.24, 2.45) is 5.92 Å². The van der Waals surface area contributed by atoms with E-state index in [0.29, 0.717) is 12.1 Å². The monoisotopic (exact) mass is 249 g/mol. The Morgan fingerprint density at radius 3 is 2.94 bits per heavy atom. The van der Waals surface area contributed by atoms with Crippen molar-refractivity contribution in [1.82, 2.24) is 14.9 Å². The molecular weight excluding hydrogens is 226 g/mol. The number of nitrogens with zero attached hydrogens (tertiary/aromatic N) is 2. The normalized spacial score (nSPS) is 27.5. The van der Waals surface area contributed by atoms with E-state index in [1.807, 2.05) is 12.5 Å². The van der Waals surface area contributed by atoms with Gasteiger partial charge < -0.3 is 14.6 Å². The first-order chi connectivity index (χ1) is 8.86. The van der Waals surface area contributed by atoms with E-state index in [9.17, 15) is 0 Å². The summed E-state index contributed by atoms with van der Waals surface area (Å²) in [6.45, 7) is 5.30. The first-order valence-corrected chi connectivity index (χ1v) is 7.19. The molecular formula is C14H23N3O. The molecule has 3 rings (SSSR count). The zero-order valence-corrected chi connectivity index (χ0v) is 11.1. The minimum atomic E-state index is 0.509. The lowest BCUT2D eigenvalue weighted by molar-refractivity contribution is 0.0508. The third-order valence-electron chi connectivity index (χ3n) is 4.50. The van der Waals surface area contributed by atoms with Gasteiger partial charge in [0.25, 0.3) is 0 Å². The summed E-state index contributed by atoms with van der Waals surface area (Å²) in [6.07, 6.45) is 8.93. The van der Waals surface area contributed by atoms with E-state index < -0.39 is 0 Å². The Balaban J connectivity index is 1.76. The van der Waals surface area contributed by atoms with Crippen molar-refractivity contribution < 1.29 is 4.74 Å². The maximum absolute atomic E-state index is 5.46. The number of hydrogen-bond acceptors (Lipinski definition) is 3. The number of rotatable bonds is 3. The van der Waals surface area contributed by atoms with E-state index in [0.717, 1.165) is 25.7 Å². The zero-order chi connectivity index (χ0) is 12.4. The summed E-state index contributed by atoms with van der Waals surface area (Å²) in [7, 11) is 0. The molecule has 1 N–H and O–H groups in total. The van der Waals surface area contributed by atoms with E-state index in [4.69, 9.17) is 4.74 Å². The van der Waals surface area contributed by atoms with Crippen molar-refractivity contribution in [2.45, 2.75) is 44.7 Å². The van der Waals surface area contributed by atoms with Gasteiger partial charge >= 0.3 is 0 Å². The summed E-state index contributed by atoms with van der Waals surface area (Å²) in [4.78, 5) is 4.37. The van der Waals surface area contributed by atoms with Crippen LogP contribution in [0, 0.1) is 5.92 Å². The molecule has 1 aromatic heterocycles. The van der Waals surface area contributed by atoms with Crippen molar-refractivity contribution in [2.75, 3.05) is 19.8 Å². The fourth-order valence-electron chi connectivity index (χ4n) is 3.29. The second-order valence-corrected chi connectivity index (χ2v) is 5.57. The average Bonchev–Trinajstić information content (AvgIpc) is 3.09. The zero-order valence-electron chi connectivity index (χ0n) is 11.1. The number of imidazole rings is 1. The molecule has 2 aliphatic heterocycles. The molecule has 0 aliphatic carbocycles. The summed E-state index contributed by atoms with van der Waals surface area (Å²) < 4.78 is 7.85. The van der Waals surface area contributed by atoms with E-state index in [2.05, 4.69) is 21.8 Å². The van der Waals surface area contributed by atoms with Crippen molar-refractivity contribution in [3.8, 4) is 0 Å². The van der Waals surface area contributed by atoms with Crippen molar-refractivity contribution in [3.05, 3.63) is 18.2 Å². The molecule has 18 heavy (non-hydrogen) atoms. The summed E-state index contributed by atoms with van der Waals surface area (Å²) >= 11 is 0. The molecule has 0 aromatic carbocycles. The van der Waals surface area contributed by atoms with Gasteiger partial charge in [-0.2, -0.15) is 0 Å². The quantitative estimate of drug-likeness (QED) is 0.893. The summed E-state index contributed by atoms with van der Waals surface area (Å²) in [5, 5.41) is 3.57. The molecule has 1 unspecified atom stereocenters. The fraction of sp³-hybridized carbons (Fsp3) is 0.786. The molecule has 4 heteroatoms. The van der Waals surface area contributed by atoms with Crippen LogP contribution in [0.4, 0.5) is 0 Å². The van der Waals surface area contributed by atoms with Gasteiger partial charge in [-0.1, -0.05) is 0 Å². The lowest BCUT2D eigenvalue weighted by atomic mass is 9.92. The van der Waals surface area contributed by atoms with Gasteiger partial charge in [-0.3, -0.25) is 0 Å². The molecule has 4 nitrogen and oxygen atoms in total. The maximum atomic E-state index is 5.46. The SMILES string of the molecule is CC(C1CCOCC1)n1cncc1[C@@H]1CCCN1. The van der Waals surface area contributed by atoms with Gasteiger partial charge in [0.05, 0.1) is 12.0 Å². The van der Waals surface area contributed by atoms with Gasteiger partial charge in [-0.25, -0.2) is 4.98 Å². The highest BCUT2D eigenvalue weighted by molar-refractivity contribution is 5.08. The first-order valence-electron chi connectivity index (χ1n) is 7.19. The van der Waals surface area contributed by atoms with Gasteiger partial charge in [0, 0.05) is 31.5 Å². The molecule has 2 saturated heterocycles. The lowest BCUT2D eigenvalue weighted by Gasteiger charge is -2.30. The average molecular weight is 249 g/mol. The Morgan fingerprint density at radius 2 is 2.22 bits per heavy atom. The van der Waals surface area contributed by atoms with Crippen LogP contribution in [0.3, 0.4) is 0 Å². The number of ether oxygens (including phenoxy) is 1. The van der Waals surface area contributed by atoms with Gasteiger partial charge in [0.2, 0.25) is 0 Å². The van der Waals surface area contributed by atoms with E-state index in [1.54, 1.807) is 0 Å². The van der Waals surface area contributed by atoms with E-state index in [1.165, 1.54) is 31.4 Å². The molecule has 100 valence electrons. The molecule has 0 saturated carbocycles. The summed E-state index contributed by atoms with van der Waals surface area (Å²) in [5.41, 5.74) is 1.37. The molecule has 2 atom stereocenters. The van der Waals surface area contributed by atoms with Crippen LogP contribution in [0.1, 0.15) is 50.4 Å². The van der Waals surface area contributed by atoms with Gasteiger partial charge in [0.15, 0.2) is 0 Å². The molecule has 0 spiro atoms. The van der Waals surface area contributed by atoms with Gasteiger partial charge in [-0.05, 0) is 45.1 Å². The van der Waals surface area contributed by atoms with Crippen LogP contribution in [-0.2, 0) is 4.74 Å². The van der Waals surface area contributed by atoms with Crippen molar-refractivity contribution in [3.63, 3.8) is 0 Å². The Hall–Kier alpha value is -0.870. The molecule has 1 aromatic rings. The Labute approximate surface area is 109 Å². The van der Waals surface area contributed by atoms with Crippen LogP contribution in [-0.4, -0.2) is 29.3 Å². The third-order valence-corrected chi connectivity index (χ3v) is 4.50. The maximum Gasteiger partial charge on any atom is 0.0951 e. The molecule has 2 aliphatic rings. The van der Waals surface area contributed by atoms with Crippen molar-refractivity contribution in [1.29, 1.82) is 0 Å². The highest BCUT2D eigenvalue weighted by atomic mass is 16.5. The lowest BCUT2D eigenvalue weighted by Crippen LogP contribution is -2.26. The van der Waals surface area contributed by atoms with E-state index >= 15 is 0 Å². The van der Waals surface area contributed by atoms with Crippen LogP contribution >= 0.6 is 0 Å². The number of aromatic nitrogens is 2. The summed E-state index contributed by atoms with van der Waals surface area (Å²) in [5.74, 6) is 0.730. The standard InChI is InChI=1S/C14H23N3O/c1-11(12-4-7-18-8-5-12)17-10-15-9-14(17)13-3-2-6-16-13/h9-13,16H,2-8H2,1H3/t11?,13-/m0/s1. The van der Waals surface area contributed by atoms with Crippen molar-refractivity contribution >= 4 is 0 Å². The Bertz CT molecular complexity index is 378. The topological polar surface area (TPSA) is 39.1 Å². The fourth-order valence-corrected chi connectivity index (χ4v) is 3.29. The molecule has 0 radical (unpaired) electrons. The number of nitrogens with one attached hydrogen (secondary N) is 1. The van der Waals surface area contributed by atoms with Crippen LogP contribution < -0.4 is 5.32 Å². The molecule has 0 bridgehead atoms. The van der Waals surface area contributed by atoms with Gasteiger partial charge in [-0.15, -0.1) is 0 Å².